The van der Waals surface area contributed by atoms with Gasteiger partial charge in [0, 0.05) is 51.0 Å². The van der Waals surface area contributed by atoms with Crippen molar-refractivity contribution in [3.63, 3.8) is 0 Å². The SMILES string of the molecule is Cn1cccc1CN1CCCC(F)(C(=O)NCc2ccncc2)C1. The molecule has 6 heteroatoms. The summed E-state index contributed by atoms with van der Waals surface area (Å²) in [5.74, 6) is -0.518. The van der Waals surface area contributed by atoms with Crippen LogP contribution in [0, 0.1) is 0 Å². The highest BCUT2D eigenvalue weighted by Gasteiger charge is 2.42. The number of halogens is 1. The number of aromatic nitrogens is 2. The molecule has 0 radical (unpaired) electrons. The highest BCUT2D eigenvalue weighted by atomic mass is 19.1. The molecule has 1 N–H and O–H groups in total. The molecule has 1 saturated heterocycles. The predicted octanol–water partition coefficient (Wildman–Crippen LogP) is 2.04. The molecule has 2 aromatic heterocycles. The van der Waals surface area contributed by atoms with Crippen molar-refractivity contribution in [3.8, 4) is 0 Å². The van der Waals surface area contributed by atoms with Gasteiger partial charge in [-0.05, 0) is 49.2 Å². The zero-order valence-electron chi connectivity index (χ0n) is 13.9. The van der Waals surface area contributed by atoms with Crippen LogP contribution in [0.4, 0.5) is 4.39 Å². The summed E-state index contributed by atoms with van der Waals surface area (Å²) in [5, 5.41) is 2.73. The van der Waals surface area contributed by atoms with Crippen LogP contribution in [-0.4, -0.2) is 39.1 Å². The fourth-order valence-corrected chi connectivity index (χ4v) is 3.15. The summed E-state index contributed by atoms with van der Waals surface area (Å²) in [6.07, 6.45) is 6.26. The van der Waals surface area contributed by atoms with Crippen molar-refractivity contribution < 1.29 is 9.18 Å². The maximum atomic E-state index is 15.2. The third kappa shape index (κ3) is 3.82. The van der Waals surface area contributed by atoms with Crippen molar-refractivity contribution in [1.29, 1.82) is 0 Å². The number of alkyl halides is 1. The van der Waals surface area contributed by atoms with E-state index < -0.39 is 11.6 Å². The maximum Gasteiger partial charge on any atom is 0.259 e. The monoisotopic (exact) mass is 330 g/mol. The van der Waals surface area contributed by atoms with Crippen LogP contribution in [0.25, 0.3) is 0 Å². The summed E-state index contributed by atoms with van der Waals surface area (Å²) < 4.78 is 17.2. The van der Waals surface area contributed by atoms with E-state index in [9.17, 15) is 4.79 Å². The van der Waals surface area contributed by atoms with E-state index in [1.807, 2.05) is 47.0 Å². The van der Waals surface area contributed by atoms with Crippen molar-refractivity contribution >= 4 is 5.91 Å². The fraction of sp³-hybridized carbons (Fsp3) is 0.444. The van der Waals surface area contributed by atoms with Crippen LogP contribution < -0.4 is 5.32 Å². The molecule has 2 aromatic rings. The van der Waals surface area contributed by atoms with Crippen molar-refractivity contribution in [2.75, 3.05) is 13.1 Å². The molecule has 1 fully saturated rings. The molecule has 3 heterocycles. The normalized spacial score (nSPS) is 21.6. The van der Waals surface area contributed by atoms with E-state index >= 15 is 4.39 Å². The number of rotatable bonds is 5. The van der Waals surface area contributed by atoms with Crippen LogP contribution in [0.2, 0.25) is 0 Å². The molecule has 1 amide bonds. The summed E-state index contributed by atoms with van der Waals surface area (Å²) in [7, 11) is 1.98. The molecule has 0 bridgehead atoms. The number of hydrogen-bond acceptors (Lipinski definition) is 3. The first-order valence-electron chi connectivity index (χ1n) is 8.25. The van der Waals surface area contributed by atoms with Crippen molar-refractivity contribution in [2.45, 2.75) is 31.6 Å². The van der Waals surface area contributed by atoms with E-state index in [1.165, 1.54) is 0 Å². The van der Waals surface area contributed by atoms with Crippen LogP contribution in [0.5, 0.6) is 0 Å². The van der Waals surface area contributed by atoms with Gasteiger partial charge in [-0.15, -0.1) is 0 Å². The van der Waals surface area contributed by atoms with Crippen LogP contribution in [0.3, 0.4) is 0 Å². The Morgan fingerprint density at radius 2 is 2.17 bits per heavy atom. The summed E-state index contributed by atoms with van der Waals surface area (Å²) in [6, 6.07) is 7.63. The number of piperidine rings is 1. The zero-order chi connectivity index (χ0) is 17.0. The standard InChI is InChI=1S/C18H23FN4O/c1-22-10-2-4-16(22)13-23-11-3-7-18(19,14-23)17(24)21-12-15-5-8-20-9-6-15/h2,4-6,8-10H,3,7,11-14H2,1H3,(H,21,24). The van der Waals surface area contributed by atoms with Gasteiger partial charge in [0.25, 0.3) is 5.91 Å². The van der Waals surface area contributed by atoms with Gasteiger partial charge in [0.05, 0.1) is 0 Å². The fourth-order valence-electron chi connectivity index (χ4n) is 3.15. The van der Waals surface area contributed by atoms with Gasteiger partial charge in [0.15, 0.2) is 0 Å². The van der Waals surface area contributed by atoms with Gasteiger partial charge < -0.3 is 9.88 Å². The van der Waals surface area contributed by atoms with Gasteiger partial charge in [-0.25, -0.2) is 4.39 Å². The number of carbonyl (C=O) groups is 1. The molecule has 1 atom stereocenters. The molecule has 1 aliphatic rings. The van der Waals surface area contributed by atoms with E-state index in [-0.39, 0.29) is 13.0 Å². The third-order valence-electron chi connectivity index (χ3n) is 4.57. The van der Waals surface area contributed by atoms with Gasteiger partial charge in [-0.1, -0.05) is 0 Å². The van der Waals surface area contributed by atoms with Crippen LogP contribution in [-0.2, 0) is 24.9 Å². The minimum atomic E-state index is -1.82. The second kappa shape index (κ2) is 7.13. The molecule has 1 aliphatic heterocycles. The first kappa shape index (κ1) is 16.6. The second-order valence-corrected chi connectivity index (χ2v) is 6.43. The van der Waals surface area contributed by atoms with Gasteiger partial charge in [0.1, 0.15) is 0 Å². The van der Waals surface area contributed by atoms with Crippen molar-refractivity contribution in [3.05, 3.63) is 54.1 Å². The number of pyridine rings is 1. The van der Waals surface area contributed by atoms with E-state index in [1.54, 1.807) is 12.4 Å². The number of hydrogen-bond donors (Lipinski definition) is 1. The van der Waals surface area contributed by atoms with Gasteiger partial charge in [-0.2, -0.15) is 0 Å². The Kier molecular flexibility index (Phi) is 4.94. The molecule has 5 nitrogen and oxygen atoms in total. The van der Waals surface area contributed by atoms with Crippen LogP contribution >= 0.6 is 0 Å². The first-order valence-corrected chi connectivity index (χ1v) is 8.25. The molecular weight excluding hydrogens is 307 g/mol. The topological polar surface area (TPSA) is 50.2 Å². The molecule has 0 spiro atoms. The molecule has 1 unspecified atom stereocenters. The highest BCUT2D eigenvalue weighted by molar-refractivity contribution is 5.85. The lowest BCUT2D eigenvalue weighted by Gasteiger charge is -2.36. The first-order chi connectivity index (χ1) is 11.6. The molecular formula is C18H23FN4O. The van der Waals surface area contributed by atoms with E-state index in [0.29, 0.717) is 19.5 Å². The molecule has 0 saturated carbocycles. The summed E-state index contributed by atoms with van der Waals surface area (Å²) >= 11 is 0. The third-order valence-corrected chi connectivity index (χ3v) is 4.57. The highest BCUT2D eigenvalue weighted by Crippen LogP contribution is 2.27. The van der Waals surface area contributed by atoms with Gasteiger partial charge in [0.2, 0.25) is 5.67 Å². The lowest BCUT2D eigenvalue weighted by molar-refractivity contribution is -0.137. The Balaban J connectivity index is 1.59. The number of carbonyl (C=O) groups excluding carboxylic acids is 1. The Morgan fingerprint density at radius 1 is 1.38 bits per heavy atom. The lowest BCUT2D eigenvalue weighted by atomic mass is 9.93. The summed E-state index contributed by atoms with van der Waals surface area (Å²) in [4.78, 5) is 18.3. The Labute approximate surface area is 141 Å². The van der Waals surface area contributed by atoms with E-state index in [4.69, 9.17) is 0 Å². The second-order valence-electron chi connectivity index (χ2n) is 6.43. The maximum absolute atomic E-state index is 15.2. The van der Waals surface area contributed by atoms with E-state index in [0.717, 1.165) is 17.8 Å². The molecule has 0 aromatic carbocycles. The average molecular weight is 330 g/mol. The van der Waals surface area contributed by atoms with Crippen LogP contribution in [0.1, 0.15) is 24.1 Å². The zero-order valence-corrected chi connectivity index (χ0v) is 13.9. The predicted molar refractivity (Wildman–Crippen MR) is 89.8 cm³/mol. The lowest BCUT2D eigenvalue weighted by Crippen LogP contribution is -2.54. The number of nitrogens with one attached hydrogen (secondary N) is 1. The number of nitrogens with zero attached hydrogens (tertiary/aromatic N) is 3. The van der Waals surface area contributed by atoms with Gasteiger partial charge in [-0.3, -0.25) is 14.7 Å². The number of likely N-dealkylation sites (tertiary alicyclic amines) is 1. The Hall–Kier alpha value is -2.21. The quantitative estimate of drug-likeness (QED) is 0.913. The minimum absolute atomic E-state index is 0.139. The Morgan fingerprint density at radius 3 is 2.88 bits per heavy atom. The minimum Gasteiger partial charge on any atom is -0.353 e. The smallest absolute Gasteiger partial charge is 0.259 e. The van der Waals surface area contributed by atoms with Crippen molar-refractivity contribution in [2.24, 2.45) is 7.05 Å². The van der Waals surface area contributed by atoms with Crippen LogP contribution in [0.15, 0.2) is 42.9 Å². The molecule has 128 valence electrons. The molecule has 0 aliphatic carbocycles. The number of amides is 1. The molecule has 24 heavy (non-hydrogen) atoms. The van der Waals surface area contributed by atoms with E-state index in [2.05, 4.69) is 10.3 Å². The Bertz CT molecular complexity index is 687. The van der Waals surface area contributed by atoms with Gasteiger partial charge >= 0.3 is 0 Å². The average Bonchev–Trinajstić information content (AvgIpc) is 2.98. The summed E-state index contributed by atoms with van der Waals surface area (Å²) in [5.41, 5.74) is 0.214. The largest absolute Gasteiger partial charge is 0.353 e. The number of aryl methyl sites for hydroxylation is 1. The summed E-state index contributed by atoms with van der Waals surface area (Å²) in [6.45, 7) is 1.94. The molecule has 3 rings (SSSR count). The van der Waals surface area contributed by atoms with Crippen molar-refractivity contribution in [1.82, 2.24) is 19.8 Å².